The van der Waals surface area contributed by atoms with E-state index in [1.807, 2.05) is 6.92 Å². The molecular formula is C12H15NO3. The Balaban J connectivity index is 2.06. The fourth-order valence-corrected chi connectivity index (χ4v) is 2.02. The van der Waals surface area contributed by atoms with E-state index in [2.05, 4.69) is 0 Å². The maximum absolute atomic E-state index is 12.0. The van der Waals surface area contributed by atoms with Crippen molar-refractivity contribution in [3.63, 3.8) is 0 Å². The molecule has 86 valence electrons. The zero-order valence-corrected chi connectivity index (χ0v) is 9.31. The number of hydrogen-bond acceptors (Lipinski definition) is 3. The standard InChI is InChI=1S/C12H15NO3/c1-2-9-7-13(5-3-11(9)14)12(15)10-4-6-16-8-10/h4,6,8-9H,2-3,5,7H2,1H3. The molecule has 1 atom stereocenters. The molecular weight excluding hydrogens is 206 g/mol. The van der Waals surface area contributed by atoms with E-state index in [1.54, 1.807) is 11.0 Å². The third kappa shape index (κ3) is 2.01. The number of carbonyl (C=O) groups excluding carboxylic acids is 2. The highest BCUT2D eigenvalue weighted by molar-refractivity contribution is 5.95. The van der Waals surface area contributed by atoms with Crippen LogP contribution in [0.15, 0.2) is 23.0 Å². The molecule has 16 heavy (non-hydrogen) atoms. The molecule has 1 amide bonds. The number of ketones is 1. The number of Topliss-reactive ketones (excluding diaryl/α,β-unsaturated/α-hetero) is 1. The average Bonchev–Trinajstić information content (AvgIpc) is 2.82. The molecule has 1 aromatic rings. The molecule has 0 radical (unpaired) electrons. The van der Waals surface area contributed by atoms with E-state index in [1.165, 1.54) is 12.5 Å². The van der Waals surface area contributed by atoms with Gasteiger partial charge in [-0.2, -0.15) is 0 Å². The highest BCUT2D eigenvalue weighted by atomic mass is 16.3. The van der Waals surface area contributed by atoms with Crippen molar-refractivity contribution in [2.45, 2.75) is 19.8 Å². The predicted molar refractivity (Wildman–Crippen MR) is 58.0 cm³/mol. The van der Waals surface area contributed by atoms with Crippen molar-refractivity contribution in [2.75, 3.05) is 13.1 Å². The van der Waals surface area contributed by atoms with Crippen LogP contribution in [0.1, 0.15) is 30.1 Å². The molecule has 1 saturated heterocycles. The molecule has 1 fully saturated rings. The summed E-state index contributed by atoms with van der Waals surface area (Å²) in [6.07, 6.45) is 4.20. The van der Waals surface area contributed by atoms with E-state index in [4.69, 9.17) is 4.42 Å². The molecule has 1 aliphatic rings. The Bertz CT molecular complexity index is 383. The van der Waals surface area contributed by atoms with Gasteiger partial charge in [-0.3, -0.25) is 9.59 Å². The zero-order chi connectivity index (χ0) is 11.5. The first-order valence-electron chi connectivity index (χ1n) is 5.56. The van der Waals surface area contributed by atoms with Crippen molar-refractivity contribution < 1.29 is 14.0 Å². The van der Waals surface area contributed by atoms with Crippen LogP contribution in [0.5, 0.6) is 0 Å². The van der Waals surface area contributed by atoms with Crippen LogP contribution >= 0.6 is 0 Å². The Morgan fingerprint density at radius 1 is 1.62 bits per heavy atom. The quantitative estimate of drug-likeness (QED) is 0.764. The number of likely N-dealkylation sites (tertiary alicyclic amines) is 1. The second-order valence-electron chi connectivity index (χ2n) is 4.08. The number of rotatable bonds is 2. The van der Waals surface area contributed by atoms with Gasteiger partial charge in [0.15, 0.2) is 0 Å². The lowest BCUT2D eigenvalue weighted by molar-refractivity contribution is -0.125. The summed E-state index contributed by atoms with van der Waals surface area (Å²) in [6, 6.07) is 1.65. The fourth-order valence-electron chi connectivity index (χ4n) is 2.02. The summed E-state index contributed by atoms with van der Waals surface area (Å²) in [5.74, 6) is 0.239. The Morgan fingerprint density at radius 3 is 3.06 bits per heavy atom. The van der Waals surface area contributed by atoms with Gasteiger partial charge in [0.25, 0.3) is 5.91 Å². The van der Waals surface area contributed by atoms with Crippen LogP contribution in [-0.4, -0.2) is 29.7 Å². The molecule has 4 nitrogen and oxygen atoms in total. The van der Waals surface area contributed by atoms with Gasteiger partial charge < -0.3 is 9.32 Å². The molecule has 1 aliphatic heterocycles. The van der Waals surface area contributed by atoms with Crippen LogP contribution in [0.25, 0.3) is 0 Å². The maximum atomic E-state index is 12.0. The van der Waals surface area contributed by atoms with Crippen molar-refractivity contribution in [3.8, 4) is 0 Å². The molecule has 1 unspecified atom stereocenters. The van der Waals surface area contributed by atoms with Crippen molar-refractivity contribution in [2.24, 2.45) is 5.92 Å². The summed E-state index contributed by atoms with van der Waals surface area (Å²) < 4.78 is 4.89. The molecule has 0 aromatic carbocycles. The van der Waals surface area contributed by atoms with Crippen LogP contribution in [0.2, 0.25) is 0 Å². The Labute approximate surface area is 94.2 Å². The van der Waals surface area contributed by atoms with Crippen LogP contribution < -0.4 is 0 Å². The lowest BCUT2D eigenvalue weighted by Gasteiger charge is -2.31. The summed E-state index contributed by atoms with van der Waals surface area (Å²) >= 11 is 0. The first kappa shape index (κ1) is 10.9. The topological polar surface area (TPSA) is 50.5 Å². The van der Waals surface area contributed by atoms with E-state index < -0.39 is 0 Å². The Kier molecular flexibility index (Phi) is 3.08. The monoisotopic (exact) mass is 221 g/mol. The summed E-state index contributed by atoms with van der Waals surface area (Å²) in [5, 5.41) is 0. The van der Waals surface area contributed by atoms with Crippen LogP contribution in [-0.2, 0) is 4.79 Å². The van der Waals surface area contributed by atoms with Gasteiger partial charge in [0.05, 0.1) is 11.8 Å². The third-order valence-corrected chi connectivity index (χ3v) is 3.07. The summed E-state index contributed by atoms with van der Waals surface area (Å²) in [7, 11) is 0. The largest absolute Gasteiger partial charge is 0.472 e. The minimum Gasteiger partial charge on any atom is -0.472 e. The van der Waals surface area contributed by atoms with Gasteiger partial charge in [-0.1, -0.05) is 6.92 Å². The van der Waals surface area contributed by atoms with Gasteiger partial charge in [0.2, 0.25) is 0 Å². The number of piperidine rings is 1. The molecule has 2 rings (SSSR count). The molecule has 1 aromatic heterocycles. The van der Waals surface area contributed by atoms with Crippen molar-refractivity contribution in [1.82, 2.24) is 4.90 Å². The van der Waals surface area contributed by atoms with Crippen LogP contribution in [0.4, 0.5) is 0 Å². The SMILES string of the molecule is CCC1CN(C(=O)c2ccoc2)CCC1=O. The van der Waals surface area contributed by atoms with Gasteiger partial charge in [-0.05, 0) is 12.5 Å². The van der Waals surface area contributed by atoms with Gasteiger partial charge in [-0.15, -0.1) is 0 Å². The molecule has 0 spiro atoms. The summed E-state index contributed by atoms with van der Waals surface area (Å²) in [4.78, 5) is 25.2. The number of hydrogen-bond donors (Lipinski definition) is 0. The highest BCUT2D eigenvalue weighted by Gasteiger charge is 2.29. The normalized spacial score (nSPS) is 21.2. The first-order chi connectivity index (χ1) is 7.72. The van der Waals surface area contributed by atoms with E-state index in [-0.39, 0.29) is 17.6 Å². The number of furan rings is 1. The van der Waals surface area contributed by atoms with Gasteiger partial charge >= 0.3 is 0 Å². The van der Waals surface area contributed by atoms with E-state index in [0.717, 1.165) is 6.42 Å². The lowest BCUT2D eigenvalue weighted by atomic mass is 9.94. The minimum atomic E-state index is -0.0419. The second-order valence-corrected chi connectivity index (χ2v) is 4.08. The molecule has 0 aliphatic carbocycles. The Hall–Kier alpha value is -1.58. The van der Waals surface area contributed by atoms with E-state index in [9.17, 15) is 9.59 Å². The molecule has 0 N–H and O–H groups in total. The first-order valence-corrected chi connectivity index (χ1v) is 5.56. The van der Waals surface area contributed by atoms with Crippen molar-refractivity contribution >= 4 is 11.7 Å². The van der Waals surface area contributed by atoms with Crippen molar-refractivity contribution in [1.29, 1.82) is 0 Å². The van der Waals surface area contributed by atoms with Gasteiger partial charge in [0.1, 0.15) is 12.0 Å². The van der Waals surface area contributed by atoms with Crippen molar-refractivity contribution in [3.05, 3.63) is 24.2 Å². The highest BCUT2D eigenvalue weighted by Crippen LogP contribution is 2.18. The number of carbonyl (C=O) groups is 2. The molecule has 0 saturated carbocycles. The van der Waals surface area contributed by atoms with E-state index >= 15 is 0 Å². The zero-order valence-electron chi connectivity index (χ0n) is 9.31. The predicted octanol–water partition coefficient (Wildman–Crippen LogP) is 1.72. The van der Waals surface area contributed by atoms with Gasteiger partial charge in [-0.25, -0.2) is 0 Å². The van der Waals surface area contributed by atoms with Gasteiger partial charge in [0, 0.05) is 25.4 Å². The third-order valence-electron chi connectivity index (χ3n) is 3.07. The Morgan fingerprint density at radius 2 is 2.44 bits per heavy atom. The average molecular weight is 221 g/mol. The molecule has 2 heterocycles. The molecule has 0 bridgehead atoms. The van der Waals surface area contributed by atoms with Crippen LogP contribution in [0.3, 0.4) is 0 Å². The smallest absolute Gasteiger partial charge is 0.257 e. The molecule has 4 heteroatoms. The summed E-state index contributed by atoms with van der Waals surface area (Å²) in [6.45, 7) is 3.05. The minimum absolute atomic E-state index is 0.00426. The maximum Gasteiger partial charge on any atom is 0.257 e. The summed E-state index contributed by atoms with van der Waals surface area (Å²) in [5.41, 5.74) is 0.559. The number of nitrogens with zero attached hydrogens (tertiary/aromatic N) is 1. The second kappa shape index (κ2) is 4.51. The number of amides is 1. The van der Waals surface area contributed by atoms with Crippen LogP contribution in [0, 0.1) is 5.92 Å². The lowest BCUT2D eigenvalue weighted by Crippen LogP contribution is -2.43. The fraction of sp³-hybridized carbons (Fsp3) is 0.500. The van der Waals surface area contributed by atoms with E-state index in [0.29, 0.717) is 25.1 Å².